The molecule has 6 rings (SSSR count). The van der Waals surface area contributed by atoms with Crippen LogP contribution >= 0.6 is 11.8 Å². The molecule has 1 aromatic carbocycles. The first-order valence-electron chi connectivity index (χ1n) is 25.2. The van der Waals surface area contributed by atoms with Crippen molar-refractivity contribution in [2.75, 3.05) is 78.3 Å². The number of nitrogens with one attached hydrogen (secondary N) is 5. The minimum atomic E-state index is -4.94. The zero-order chi connectivity index (χ0) is 55.0. The van der Waals surface area contributed by atoms with Gasteiger partial charge in [-0.1, -0.05) is 18.9 Å². The van der Waals surface area contributed by atoms with E-state index in [4.69, 9.17) is 33.2 Å². The molecule has 0 spiro atoms. The van der Waals surface area contributed by atoms with Crippen molar-refractivity contribution in [3.05, 3.63) is 29.3 Å². The van der Waals surface area contributed by atoms with Gasteiger partial charge in [-0.15, -0.1) is 10.2 Å². The number of ether oxygens (including phenoxy) is 7. The highest BCUT2D eigenvalue weighted by molar-refractivity contribution is 8.00. The Morgan fingerprint density at radius 3 is 1.93 bits per heavy atom. The fourth-order valence-electron chi connectivity index (χ4n) is 8.94. The Bertz CT molecular complexity index is 2030. The molecule has 0 saturated carbocycles. The summed E-state index contributed by atoms with van der Waals surface area (Å²) in [5, 5.41) is 102. The molecule has 5 aliphatic heterocycles. The summed E-state index contributed by atoms with van der Waals surface area (Å²) in [6.07, 6.45) is -16.4. The number of amides is 5. The molecule has 5 amide bonds. The van der Waals surface area contributed by atoms with Crippen LogP contribution in [-0.2, 0) is 43.7 Å². The lowest BCUT2D eigenvalue weighted by Crippen LogP contribution is -2.61. The monoisotopic (exact) mass is 1110 g/mol. The maximum Gasteiger partial charge on any atom is 0.442 e. The molecule has 0 aromatic heterocycles. The number of unbranched alkanes of at least 4 members (excludes halogenated alkanes) is 3. The molecule has 4 fully saturated rings. The molecule has 13 atom stereocenters. The summed E-state index contributed by atoms with van der Waals surface area (Å²) in [6.45, 7) is -2.17. The Balaban J connectivity index is 0.905. The minimum Gasteiger partial charge on any atom is -0.490 e. The smallest absolute Gasteiger partial charge is 0.442 e. The highest BCUT2D eigenvalue weighted by Crippen LogP contribution is 2.53. The number of hydrogen-bond acceptors (Lipinski definition) is 22. The minimum absolute atomic E-state index is 0.00397. The van der Waals surface area contributed by atoms with E-state index in [1.807, 2.05) is 11.8 Å². The molecule has 4 saturated heterocycles. The van der Waals surface area contributed by atoms with E-state index in [9.17, 15) is 73.2 Å². The van der Waals surface area contributed by atoms with Crippen LogP contribution in [0.1, 0.15) is 67.3 Å². The Labute approximate surface area is 439 Å². The van der Waals surface area contributed by atoms with Crippen molar-refractivity contribution in [2.24, 2.45) is 10.2 Å². The van der Waals surface area contributed by atoms with Crippen LogP contribution in [0.3, 0.4) is 0 Å². The molecule has 26 nitrogen and oxygen atoms in total. The van der Waals surface area contributed by atoms with Gasteiger partial charge in [-0.05, 0) is 37.8 Å². The first kappa shape index (κ1) is 61.1. The van der Waals surface area contributed by atoms with E-state index in [0.717, 1.165) is 56.1 Å². The second kappa shape index (κ2) is 29.2. The van der Waals surface area contributed by atoms with Gasteiger partial charge in [-0.25, -0.2) is 4.79 Å². The zero-order valence-corrected chi connectivity index (χ0v) is 42.3. The third kappa shape index (κ3) is 16.7. The molecule has 1 aromatic rings. The van der Waals surface area contributed by atoms with Gasteiger partial charge in [0.15, 0.2) is 12.6 Å². The average Bonchev–Trinajstić information content (AvgIpc) is 4.03. The fraction of sp³-hybridized carbons (Fsp3) is 0.783. The summed E-state index contributed by atoms with van der Waals surface area (Å²) < 4.78 is 80.7. The standard InChI is InChI=1S/C46H70F3N7O19S/c47-46(48,49)45(55-56-45)24-9-10-26(41(65)52-25(21-72-39-29(19-57)74-42(66)37(63)35(39)61)22-73-40-30(20-58)75-43(67)38(64)36(40)62)28(18-24)71-17-16-70-15-14-69-13-12-51-33(60)7-2-1-5-11-50-32(59)8-4-3-6-31-34-27(23-76-31)53-44(68)54-34/h9-10,18,25,27,29-31,34-40,42-43,57-58,61-64,66-67H,1-8,11-17,19-23H2,(H,50,59)(H,51,60)(H,52,65)(H2,53,54,68)/t25?,27-,29+,30+,31-,34-,35+,36+,37+,38+,39+,40+,42?,43?/m0/s1. The van der Waals surface area contributed by atoms with Crippen LogP contribution in [-0.4, -0.2) is 234 Å². The second-order valence-corrected chi connectivity index (χ2v) is 20.0. The maximum absolute atomic E-state index is 14.1. The lowest BCUT2D eigenvalue weighted by molar-refractivity contribution is -0.299. The molecule has 5 heterocycles. The normalized spacial score (nSPS) is 30.0. The number of benzene rings is 1. The predicted molar refractivity (Wildman–Crippen MR) is 255 cm³/mol. The van der Waals surface area contributed by atoms with Gasteiger partial charge in [0.1, 0.15) is 61.2 Å². The Hall–Kier alpha value is -4.12. The fourth-order valence-corrected chi connectivity index (χ4v) is 10.5. The summed E-state index contributed by atoms with van der Waals surface area (Å²) in [5.74, 6) is -0.612. The molecule has 13 N–H and O–H groups in total. The summed E-state index contributed by atoms with van der Waals surface area (Å²) in [7, 11) is 0. The van der Waals surface area contributed by atoms with E-state index in [1.165, 1.54) is 0 Å². The van der Waals surface area contributed by atoms with Crippen LogP contribution in [0, 0.1) is 0 Å². The summed E-state index contributed by atoms with van der Waals surface area (Å²) in [4.78, 5) is 50.0. The van der Waals surface area contributed by atoms with Crippen molar-refractivity contribution in [1.82, 2.24) is 26.6 Å². The van der Waals surface area contributed by atoms with Crippen molar-refractivity contribution in [3.63, 3.8) is 0 Å². The number of hydrogen-bond donors (Lipinski definition) is 13. The largest absolute Gasteiger partial charge is 0.490 e. The summed E-state index contributed by atoms with van der Waals surface area (Å²) in [5.41, 5.74) is -3.70. The van der Waals surface area contributed by atoms with Gasteiger partial charge in [0.2, 0.25) is 11.8 Å². The third-order valence-electron chi connectivity index (χ3n) is 13.2. The molecule has 0 radical (unpaired) electrons. The van der Waals surface area contributed by atoms with E-state index in [2.05, 4.69) is 36.8 Å². The van der Waals surface area contributed by atoms with Crippen LogP contribution in [0.4, 0.5) is 18.0 Å². The molecule has 76 heavy (non-hydrogen) atoms. The van der Waals surface area contributed by atoms with Crippen LogP contribution in [0.25, 0.3) is 0 Å². The van der Waals surface area contributed by atoms with Gasteiger partial charge in [0.25, 0.3) is 5.91 Å². The maximum atomic E-state index is 14.1. The van der Waals surface area contributed by atoms with Crippen LogP contribution in [0.5, 0.6) is 5.75 Å². The average molecular weight is 1110 g/mol. The van der Waals surface area contributed by atoms with E-state index in [1.54, 1.807) is 0 Å². The van der Waals surface area contributed by atoms with Gasteiger partial charge >= 0.3 is 17.9 Å². The van der Waals surface area contributed by atoms with Gasteiger partial charge in [0.05, 0.1) is 76.5 Å². The van der Waals surface area contributed by atoms with Crippen molar-refractivity contribution >= 4 is 35.5 Å². The quantitative estimate of drug-likeness (QED) is 0.0263. The molecule has 0 bridgehead atoms. The number of fused-ring (bicyclic) bond motifs is 1. The Morgan fingerprint density at radius 2 is 1.34 bits per heavy atom. The number of carbonyl (C=O) groups excluding carboxylic acids is 4. The molecule has 5 aliphatic rings. The molecule has 0 aliphatic carbocycles. The lowest BCUT2D eigenvalue weighted by Gasteiger charge is -2.41. The number of carbonyl (C=O) groups is 4. The van der Waals surface area contributed by atoms with Crippen molar-refractivity contribution in [1.29, 1.82) is 0 Å². The second-order valence-electron chi connectivity index (χ2n) is 18.8. The van der Waals surface area contributed by atoms with Crippen LogP contribution in [0.2, 0.25) is 0 Å². The molecular weight excluding hydrogens is 1040 g/mol. The molecular formula is C46H70F3N7O19S. The van der Waals surface area contributed by atoms with Crippen LogP contribution < -0.4 is 31.3 Å². The highest BCUT2D eigenvalue weighted by atomic mass is 32.2. The highest BCUT2D eigenvalue weighted by Gasteiger charge is 2.65. The molecule has 430 valence electrons. The lowest BCUT2D eigenvalue weighted by atomic mass is 9.98. The van der Waals surface area contributed by atoms with Crippen molar-refractivity contribution in [2.45, 2.75) is 148 Å². The molecule has 30 heteroatoms. The Kier molecular flexibility index (Phi) is 23.5. The van der Waals surface area contributed by atoms with E-state index < -0.39 is 117 Å². The number of alkyl halides is 3. The van der Waals surface area contributed by atoms with Crippen molar-refractivity contribution in [3.8, 4) is 5.75 Å². The first-order chi connectivity index (χ1) is 36.4. The number of halogens is 3. The van der Waals surface area contributed by atoms with E-state index >= 15 is 0 Å². The zero-order valence-electron chi connectivity index (χ0n) is 41.5. The van der Waals surface area contributed by atoms with Gasteiger partial charge in [-0.2, -0.15) is 24.9 Å². The number of rotatable bonds is 32. The third-order valence-corrected chi connectivity index (χ3v) is 14.7. The topological polar surface area (TPSA) is 380 Å². The Morgan fingerprint density at radius 1 is 0.763 bits per heavy atom. The molecule has 2 unspecified atom stereocenters. The van der Waals surface area contributed by atoms with Gasteiger partial charge in [-0.3, -0.25) is 14.4 Å². The summed E-state index contributed by atoms with van der Waals surface area (Å²) >= 11 is 1.85. The number of thioether (sulfide) groups is 1. The van der Waals surface area contributed by atoms with Gasteiger partial charge in [0, 0.05) is 42.5 Å². The number of urea groups is 1. The van der Waals surface area contributed by atoms with E-state index in [-0.39, 0.29) is 80.8 Å². The SMILES string of the molecule is O=C(CCCC[C@@H]1SC[C@@H]2NC(=O)N[C@@H]21)NCCCCCC(=O)NCCOCCOCCOc1cc(C2(C(F)(F)F)N=N2)ccc1C(=O)NC(CO[C@H]1[C@H](O)[C@@H](O)C(O)O[C@@H]1CO)CO[C@H]1[C@H](O)[C@@H](O)C(O)O[C@@H]1CO. The number of nitrogens with zero attached hydrogens (tertiary/aromatic N) is 2. The van der Waals surface area contributed by atoms with Gasteiger partial charge < -0.3 is 101 Å². The summed E-state index contributed by atoms with van der Waals surface area (Å²) in [6, 6.07) is 1.81. The van der Waals surface area contributed by atoms with Crippen LogP contribution in [0.15, 0.2) is 28.4 Å². The van der Waals surface area contributed by atoms with E-state index in [0.29, 0.717) is 31.1 Å². The van der Waals surface area contributed by atoms with Crippen molar-refractivity contribution < 1.29 is 106 Å². The predicted octanol–water partition coefficient (Wildman–Crippen LogP) is -2.47. The number of aliphatic hydroxyl groups is 8. The first-order valence-corrected chi connectivity index (χ1v) is 26.2. The number of aliphatic hydroxyl groups excluding tert-OH is 8.